The molecule has 0 aliphatic heterocycles. The molecule has 0 amide bonds. The van der Waals surface area contributed by atoms with E-state index in [1.807, 2.05) is 6.20 Å². The minimum absolute atomic E-state index is 0.646. The van der Waals surface area contributed by atoms with E-state index in [-0.39, 0.29) is 0 Å². The number of rotatable bonds is 5. The van der Waals surface area contributed by atoms with Crippen molar-refractivity contribution in [1.29, 1.82) is 0 Å². The van der Waals surface area contributed by atoms with Gasteiger partial charge in [-0.15, -0.1) is 0 Å². The molecule has 0 bridgehead atoms. The second-order valence-corrected chi connectivity index (χ2v) is 4.13. The highest BCUT2D eigenvalue weighted by atomic mass is 15.1. The largest absolute Gasteiger partial charge is 0.334 e. The first-order chi connectivity index (χ1) is 6.81. The van der Waals surface area contributed by atoms with E-state index < -0.39 is 0 Å². The Balaban J connectivity index is 1.96. The average Bonchev–Trinajstić information content (AvgIpc) is 2.93. The molecule has 1 aliphatic carbocycles. The fourth-order valence-corrected chi connectivity index (χ4v) is 1.95. The Morgan fingerprint density at radius 2 is 2.43 bits per heavy atom. The number of likely N-dealkylation sites (N-methyl/N-ethyl adjacent to an activating group) is 1. The van der Waals surface area contributed by atoms with Gasteiger partial charge < -0.3 is 9.88 Å². The van der Waals surface area contributed by atoms with Crippen LogP contribution in [0, 0.1) is 12.8 Å². The molecule has 1 N–H and O–H groups in total. The zero-order valence-corrected chi connectivity index (χ0v) is 9.03. The third-order valence-electron chi connectivity index (χ3n) is 2.97. The first-order valence-corrected chi connectivity index (χ1v) is 5.52. The lowest BCUT2D eigenvalue weighted by Crippen LogP contribution is -2.35. The zero-order chi connectivity index (χ0) is 9.97. The number of hydrogen-bond acceptors (Lipinski definition) is 2. The zero-order valence-electron chi connectivity index (χ0n) is 9.03. The molecular weight excluding hydrogens is 174 g/mol. The second kappa shape index (κ2) is 4.13. The number of nitrogens with one attached hydrogen (secondary N) is 1. The normalized spacial score (nSPS) is 18.4. The smallest absolute Gasteiger partial charge is 0.105 e. The van der Waals surface area contributed by atoms with Crippen LogP contribution in [0.3, 0.4) is 0 Å². The van der Waals surface area contributed by atoms with Crippen LogP contribution < -0.4 is 5.32 Å². The highest BCUT2D eigenvalue weighted by Gasteiger charge is 2.30. The Morgan fingerprint density at radius 1 is 1.64 bits per heavy atom. The lowest BCUT2D eigenvalue weighted by atomic mass is 10.2. The van der Waals surface area contributed by atoms with E-state index >= 15 is 0 Å². The van der Waals surface area contributed by atoms with E-state index in [2.05, 4.69) is 34.9 Å². The quantitative estimate of drug-likeness (QED) is 0.769. The molecule has 1 aromatic heterocycles. The van der Waals surface area contributed by atoms with Crippen LogP contribution in [0.15, 0.2) is 12.4 Å². The van der Waals surface area contributed by atoms with Crippen molar-refractivity contribution in [3.05, 3.63) is 18.2 Å². The molecule has 0 aromatic carbocycles. The van der Waals surface area contributed by atoms with Gasteiger partial charge in [0, 0.05) is 25.0 Å². The highest BCUT2D eigenvalue weighted by molar-refractivity contribution is 4.93. The van der Waals surface area contributed by atoms with Crippen LogP contribution in [0.4, 0.5) is 0 Å². The SMILES string of the molecule is CCNC(Cn1ccnc1C)C1CC1. The second-order valence-electron chi connectivity index (χ2n) is 4.13. The van der Waals surface area contributed by atoms with Crippen LogP contribution in [-0.4, -0.2) is 22.1 Å². The van der Waals surface area contributed by atoms with Gasteiger partial charge in [0.15, 0.2) is 0 Å². The van der Waals surface area contributed by atoms with Crippen LogP contribution >= 0.6 is 0 Å². The third kappa shape index (κ3) is 2.15. The molecular formula is C11H19N3. The maximum absolute atomic E-state index is 4.24. The maximum atomic E-state index is 4.24. The molecule has 1 aliphatic rings. The molecule has 1 atom stereocenters. The van der Waals surface area contributed by atoms with Gasteiger partial charge >= 0.3 is 0 Å². The highest BCUT2D eigenvalue weighted by Crippen LogP contribution is 2.33. The molecule has 0 radical (unpaired) electrons. The first kappa shape index (κ1) is 9.71. The molecule has 14 heavy (non-hydrogen) atoms. The van der Waals surface area contributed by atoms with Crippen molar-refractivity contribution in [3.63, 3.8) is 0 Å². The Kier molecular flexibility index (Phi) is 2.87. The summed E-state index contributed by atoms with van der Waals surface area (Å²) in [5, 5.41) is 3.56. The van der Waals surface area contributed by atoms with Gasteiger partial charge in [0.2, 0.25) is 0 Å². The van der Waals surface area contributed by atoms with Crippen molar-refractivity contribution in [1.82, 2.24) is 14.9 Å². The lowest BCUT2D eigenvalue weighted by Gasteiger charge is -2.18. The summed E-state index contributed by atoms with van der Waals surface area (Å²) in [6.07, 6.45) is 6.74. The van der Waals surface area contributed by atoms with Gasteiger partial charge in [-0.25, -0.2) is 4.98 Å². The van der Waals surface area contributed by atoms with Crippen LogP contribution in [-0.2, 0) is 6.54 Å². The Labute approximate surface area is 85.5 Å². The van der Waals surface area contributed by atoms with Crippen molar-refractivity contribution in [2.75, 3.05) is 6.54 Å². The summed E-state index contributed by atoms with van der Waals surface area (Å²) < 4.78 is 2.24. The van der Waals surface area contributed by atoms with E-state index in [0.29, 0.717) is 6.04 Å². The number of imidazole rings is 1. The summed E-state index contributed by atoms with van der Waals surface area (Å²) in [7, 11) is 0. The van der Waals surface area contributed by atoms with E-state index in [0.717, 1.165) is 24.8 Å². The summed E-state index contributed by atoms with van der Waals surface area (Å²) in [6.45, 7) is 6.38. The first-order valence-electron chi connectivity index (χ1n) is 5.52. The van der Waals surface area contributed by atoms with E-state index in [9.17, 15) is 0 Å². The molecule has 1 saturated carbocycles. The van der Waals surface area contributed by atoms with Gasteiger partial charge in [0.25, 0.3) is 0 Å². The molecule has 0 saturated heterocycles. The van der Waals surface area contributed by atoms with E-state index in [4.69, 9.17) is 0 Å². The van der Waals surface area contributed by atoms with Gasteiger partial charge in [0.05, 0.1) is 0 Å². The van der Waals surface area contributed by atoms with Gasteiger partial charge in [-0.05, 0) is 32.2 Å². The van der Waals surface area contributed by atoms with Crippen molar-refractivity contribution in [3.8, 4) is 0 Å². The van der Waals surface area contributed by atoms with Gasteiger partial charge in [-0.3, -0.25) is 0 Å². The molecule has 1 heterocycles. The lowest BCUT2D eigenvalue weighted by molar-refractivity contribution is 0.412. The van der Waals surface area contributed by atoms with Crippen LogP contribution in [0.5, 0.6) is 0 Å². The fraction of sp³-hybridized carbons (Fsp3) is 0.727. The van der Waals surface area contributed by atoms with Crippen molar-refractivity contribution in [2.24, 2.45) is 5.92 Å². The van der Waals surface area contributed by atoms with Crippen molar-refractivity contribution in [2.45, 2.75) is 39.3 Å². The number of aromatic nitrogens is 2. The maximum Gasteiger partial charge on any atom is 0.105 e. The molecule has 1 aromatic rings. The molecule has 2 rings (SSSR count). The van der Waals surface area contributed by atoms with Gasteiger partial charge in [0.1, 0.15) is 5.82 Å². The summed E-state index contributed by atoms with van der Waals surface area (Å²) in [5.41, 5.74) is 0. The van der Waals surface area contributed by atoms with Crippen molar-refractivity contribution < 1.29 is 0 Å². The number of nitrogens with zero attached hydrogens (tertiary/aromatic N) is 2. The van der Waals surface area contributed by atoms with Crippen LogP contribution in [0.25, 0.3) is 0 Å². The predicted octanol–water partition coefficient (Wildman–Crippen LogP) is 1.58. The Bertz CT molecular complexity index is 288. The summed E-state index contributed by atoms with van der Waals surface area (Å²) >= 11 is 0. The van der Waals surface area contributed by atoms with E-state index in [1.165, 1.54) is 12.8 Å². The molecule has 1 fully saturated rings. The molecule has 3 heteroatoms. The van der Waals surface area contributed by atoms with Gasteiger partial charge in [-0.2, -0.15) is 0 Å². The summed E-state index contributed by atoms with van der Waals surface area (Å²) in [5.74, 6) is 2.02. The third-order valence-corrected chi connectivity index (χ3v) is 2.97. The number of aryl methyl sites for hydroxylation is 1. The molecule has 78 valence electrons. The standard InChI is InChI=1S/C11H19N3/c1-3-12-11(10-4-5-10)8-14-7-6-13-9(14)2/h6-7,10-12H,3-5,8H2,1-2H3. The van der Waals surface area contributed by atoms with Crippen LogP contribution in [0.2, 0.25) is 0 Å². The Hall–Kier alpha value is -0.830. The van der Waals surface area contributed by atoms with E-state index in [1.54, 1.807) is 0 Å². The fourth-order valence-electron chi connectivity index (χ4n) is 1.95. The van der Waals surface area contributed by atoms with Crippen LogP contribution in [0.1, 0.15) is 25.6 Å². The molecule has 3 nitrogen and oxygen atoms in total. The average molecular weight is 193 g/mol. The summed E-state index contributed by atoms with van der Waals surface area (Å²) in [4.78, 5) is 4.24. The Morgan fingerprint density at radius 3 is 2.93 bits per heavy atom. The summed E-state index contributed by atoms with van der Waals surface area (Å²) in [6, 6.07) is 0.646. The topological polar surface area (TPSA) is 29.9 Å². The molecule has 0 spiro atoms. The van der Waals surface area contributed by atoms with Crippen molar-refractivity contribution >= 4 is 0 Å². The minimum Gasteiger partial charge on any atom is -0.334 e. The van der Waals surface area contributed by atoms with Gasteiger partial charge in [-0.1, -0.05) is 6.92 Å². The monoisotopic (exact) mass is 193 g/mol. The molecule has 1 unspecified atom stereocenters. The number of hydrogen-bond donors (Lipinski definition) is 1. The predicted molar refractivity (Wildman–Crippen MR) is 57.2 cm³/mol. The minimum atomic E-state index is 0.646.